The van der Waals surface area contributed by atoms with Gasteiger partial charge in [-0.3, -0.25) is 10.1 Å². The predicted molar refractivity (Wildman–Crippen MR) is 53.6 cm³/mol. The zero-order valence-corrected chi connectivity index (χ0v) is 8.60. The van der Waals surface area contributed by atoms with Crippen LogP contribution in [0.15, 0.2) is 18.2 Å². The molecule has 0 saturated carbocycles. The number of carbonyl (C=O) groups excluding carboxylic acids is 1. The molecular formula is C10H10FNO4. The average molecular weight is 227 g/mol. The summed E-state index contributed by atoms with van der Waals surface area (Å²) in [5, 5.41) is 10.4. The number of esters is 1. The van der Waals surface area contributed by atoms with Crippen molar-refractivity contribution < 1.29 is 18.8 Å². The van der Waals surface area contributed by atoms with E-state index in [1.165, 1.54) is 0 Å². The van der Waals surface area contributed by atoms with Crippen LogP contribution in [0.3, 0.4) is 0 Å². The maximum Gasteiger partial charge on any atom is 0.341 e. The molecule has 0 unspecified atom stereocenters. The number of ether oxygens (including phenoxy) is 1. The van der Waals surface area contributed by atoms with Crippen LogP contribution in [-0.2, 0) is 4.74 Å². The van der Waals surface area contributed by atoms with E-state index in [0.29, 0.717) is 6.42 Å². The molecule has 0 radical (unpaired) electrons. The summed E-state index contributed by atoms with van der Waals surface area (Å²) in [6.45, 7) is 1.94. The quantitative estimate of drug-likeness (QED) is 0.449. The molecule has 0 N–H and O–H groups in total. The Balaban J connectivity index is 2.97. The van der Waals surface area contributed by atoms with E-state index in [4.69, 9.17) is 4.74 Å². The van der Waals surface area contributed by atoms with E-state index >= 15 is 0 Å². The van der Waals surface area contributed by atoms with Crippen molar-refractivity contribution in [2.75, 3.05) is 6.61 Å². The Bertz CT molecular complexity index is 419. The van der Waals surface area contributed by atoms with Crippen molar-refractivity contribution in [3.05, 3.63) is 39.7 Å². The standard InChI is InChI=1S/C10H10FNO4/c1-2-5-16-10(13)8-6-7(12(14)15)3-4-9(8)11/h3-4,6H,2,5H2,1H3. The van der Waals surface area contributed by atoms with E-state index in [2.05, 4.69) is 0 Å². The Morgan fingerprint density at radius 1 is 1.56 bits per heavy atom. The molecule has 0 aliphatic heterocycles. The molecule has 1 aromatic carbocycles. The van der Waals surface area contributed by atoms with Crippen LogP contribution in [0.1, 0.15) is 23.7 Å². The average Bonchev–Trinajstić information content (AvgIpc) is 2.26. The number of rotatable bonds is 4. The lowest BCUT2D eigenvalue weighted by molar-refractivity contribution is -0.384. The van der Waals surface area contributed by atoms with Gasteiger partial charge < -0.3 is 4.74 Å². The third-order valence-electron chi connectivity index (χ3n) is 1.82. The molecule has 0 aliphatic rings. The van der Waals surface area contributed by atoms with Gasteiger partial charge >= 0.3 is 5.97 Å². The van der Waals surface area contributed by atoms with E-state index in [0.717, 1.165) is 18.2 Å². The normalized spacial score (nSPS) is 9.88. The number of nitro benzene ring substituents is 1. The second-order valence-electron chi connectivity index (χ2n) is 3.06. The van der Waals surface area contributed by atoms with Gasteiger partial charge in [0, 0.05) is 12.1 Å². The van der Waals surface area contributed by atoms with Crippen LogP contribution < -0.4 is 0 Å². The van der Waals surface area contributed by atoms with Crippen molar-refractivity contribution in [3.8, 4) is 0 Å². The van der Waals surface area contributed by atoms with E-state index in [-0.39, 0.29) is 12.3 Å². The van der Waals surface area contributed by atoms with Crippen LogP contribution in [0.4, 0.5) is 10.1 Å². The first-order valence-electron chi connectivity index (χ1n) is 4.67. The fourth-order valence-corrected chi connectivity index (χ4v) is 1.06. The molecule has 0 amide bonds. The summed E-state index contributed by atoms with van der Waals surface area (Å²) in [5.74, 6) is -1.71. The highest BCUT2D eigenvalue weighted by atomic mass is 19.1. The maximum absolute atomic E-state index is 13.2. The van der Waals surface area contributed by atoms with E-state index < -0.39 is 22.3 Å². The lowest BCUT2D eigenvalue weighted by atomic mass is 10.2. The van der Waals surface area contributed by atoms with Crippen molar-refractivity contribution in [2.45, 2.75) is 13.3 Å². The molecule has 86 valence electrons. The topological polar surface area (TPSA) is 69.4 Å². The van der Waals surface area contributed by atoms with Crippen molar-refractivity contribution in [1.82, 2.24) is 0 Å². The molecule has 0 aromatic heterocycles. The van der Waals surface area contributed by atoms with Gasteiger partial charge in [0.25, 0.3) is 5.69 Å². The molecule has 0 atom stereocenters. The maximum atomic E-state index is 13.2. The number of benzene rings is 1. The largest absolute Gasteiger partial charge is 0.462 e. The molecule has 0 spiro atoms. The number of halogens is 1. The molecule has 16 heavy (non-hydrogen) atoms. The number of hydrogen-bond acceptors (Lipinski definition) is 4. The van der Waals surface area contributed by atoms with Crippen LogP contribution >= 0.6 is 0 Å². The van der Waals surface area contributed by atoms with E-state index in [1.807, 2.05) is 0 Å². The number of nitrogens with zero attached hydrogens (tertiary/aromatic N) is 1. The van der Waals surface area contributed by atoms with Gasteiger partial charge in [-0.25, -0.2) is 9.18 Å². The number of carbonyl (C=O) groups is 1. The SMILES string of the molecule is CCCOC(=O)c1cc([N+](=O)[O-])ccc1F. The van der Waals surface area contributed by atoms with Crippen molar-refractivity contribution in [1.29, 1.82) is 0 Å². The lowest BCUT2D eigenvalue weighted by Crippen LogP contribution is -2.08. The number of non-ortho nitro benzene ring substituents is 1. The third kappa shape index (κ3) is 2.75. The Hall–Kier alpha value is -1.98. The monoisotopic (exact) mass is 227 g/mol. The Kier molecular flexibility index (Phi) is 3.93. The van der Waals surface area contributed by atoms with E-state index in [9.17, 15) is 19.3 Å². The molecule has 1 rings (SSSR count). The minimum absolute atomic E-state index is 0.154. The highest BCUT2D eigenvalue weighted by molar-refractivity contribution is 5.90. The third-order valence-corrected chi connectivity index (χ3v) is 1.82. The molecular weight excluding hydrogens is 217 g/mol. The molecule has 0 bridgehead atoms. The van der Waals surface area contributed by atoms with Crippen molar-refractivity contribution >= 4 is 11.7 Å². The highest BCUT2D eigenvalue weighted by Crippen LogP contribution is 2.17. The van der Waals surface area contributed by atoms with Gasteiger partial charge in [-0.15, -0.1) is 0 Å². The number of hydrogen-bond donors (Lipinski definition) is 0. The fraction of sp³-hybridized carbons (Fsp3) is 0.300. The molecule has 1 aromatic rings. The summed E-state index contributed by atoms with van der Waals surface area (Å²) in [7, 11) is 0. The summed E-state index contributed by atoms with van der Waals surface area (Å²) in [5.41, 5.74) is -0.757. The summed E-state index contributed by atoms with van der Waals surface area (Å²) in [6, 6.07) is 2.74. The van der Waals surface area contributed by atoms with Crippen LogP contribution in [0.2, 0.25) is 0 Å². The van der Waals surface area contributed by atoms with Gasteiger partial charge in [0.2, 0.25) is 0 Å². The van der Waals surface area contributed by atoms with Gasteiger partial charge in [0.05, 0.1) is 11.5 Å². The minimum Gasteiger partial charge on any atom is -0.462 e. The molecule has 0 saturated heterocycles. The second kappa shape index (κ2) is 5.20. The first kappa shape index (κ1) is 12.1. The van der Waals surface area contributed by atoms with Crippen LogP contribution in [0.5, 0.6) is 0 Å². The van der Waals surface area contributed by atoms with E-state index in [1.54, 1.807) is 6.92 Å². The summed E-state index contributed by atoms with van der Waals surface area (Å²) < 4.78 is 17.9. The second-order valence-corrected chi connectivity index (χ2v) is 3.06. The Morgan fingerprint density at radius 3 is 2.81 bits per heavy atom. The molecule has 0 fully saturated rings. The van der Waals surface area contributed by atoms with Gasteiger partial charge in [-0.1, -0.05) is 6.92 Å². The first-order valence-corrected chi connectivity index (χ1v) is 4.67. The van der Waals surface area contributed by atoms with Crippen LogP contribution in [0, 0.1) is 15.9 Å². The first-order chi connectivity index (χ1) is 7.56. The van der Waals surface area contributed by atoms with Crippen molar-refractivity contribution in [3.63, 3.8) is 0 Å². The summed E-state index contributed by atoms with van der Waals surface area (Å²) in [6.07, 6.45) is 0.599. The van der Waals surface area contributed by atoms with Crippen molar-refractivity contribution in [2.24, 2.45) is 0 Å². The smallest absolute Gasteiger partial charge is 0.341 e. The summed E-state index contributed by atoms with van der Waals surface area (Å²) in [4.78, 5) is 21.0. The van der Waals surface area contributed by atoms with Crippen LogP contribution in [-0.4, -0.2) is 17.5 Å². The van der Waals surface area contributed by atoms with Gasteiger partial charge in [-0.2, -0.15) is 0 Å². The van der Waals surface area contributed by atoms with Gasteiger partial charge in [-0.05, 0) is 12.5 Å². The minimum atomic E-state index is -0.886. The summed E-state index contributed by atoms with van der Waals surface area (Å²) >= 11 is 0. The Morgan fingerprint density at radius 2 is 2.25 bits per heavy atom. The molecule has 0 heterocycles. The van der Waals surface area contributed by atoms with Gasteiger partial charge in [0.15, 0.2) is 0 Å². The molecule has 0 aliphatic carbocycles. The fourth-order valence-electron chi connectivity index (χ4n) is 1.06. The molecule has 5 nitrogen and oxygen atoms in total. The highest BCUT2D eigenvalue weighted by Gasteiger charge is 2.17. The molecule has 6 heteroatoms. The van der Waals surface area contributed by atoms with Gasteiger partial charge in [0.1, 0.15) is 11.4 Å². The lowest BCUT2D eigenvalue weighted by Gasteiger charge is -2.03. The number of nitro groups is 1. The van der Waals surface area contributed by atoms with Crippen LogP contribution in [0.25, 0.3) is 0 Å². The Labute approximate surface area is 91.0 Å². The predicted octanol–water partition coefficient (Wildman–Crippen LogP) is 2.30. The zero-order chi connectivity index (χ0) is 12.1. The zero-order valence-electron chi connectivity index (χ0n) is 8.60.